The molecule has 2 aromatic rings. The summed E-state index contributed by atoms with van der Waals surface area (Å²) >= 11 is 0. The summed E-state index contributed by atoms with van der Waals surface area (Å²) in [6.45, 7) is 1.56. The summed E-state index contributed by atoms with van der Waals surface area (Å²) in [6.07, 6.45) is 1.79. The predicted octanol–water partition coefficient (Wildman–Crippen LogP) is 2.19. The number of pyridine rings is 1. The van der Waals surface area contributed by atoms with E-state index in [9.17, 15) is 4.79 Å². The summed E-state index contributed by atoms with van der Waals surface area (Å²) in [5.41, 5.74) is 1.78. The molecule has 0 saturated carbocycles. The van der Waals surface area contributed by atoms with Crippen LogP contribution >= 0.6 is 0 Å². The Kier molecular flexibility index (Phi) is 2.49. The number of carbonyl (C=O) groups is 1. The molecule has 1 N–H and O–H groups in total. The van der Waals surface area contributed by atoms with E-state index in [1.54, 1.807) is 6.20 Å². The van der Waals surface area contributed by atoms with Crippen LogP contribution in [0.1, 0.15) is 10.4 Å². The number of carbonyl (C=O) groups excluding carboxylic acids is 1. The van der Waals surface area contributed by atoms with E-state index >= 15 is 0 Å². The van der Waals surface area contributed by atoms with Crippen LogP contribution in [0.15, 0.2) is 48.7 Å². The molecule has 2 atom stereocenters. The van der Waals surface area contributed by atoms with Crippen LogP contribution in [0, 0.1) is 5.92 Å². The van der Waals surface area contributed by atoms with Crippen LogP contribution < -0.4 is 10.2 Å². The van der Waals surface area contributed by atoms with Crippen molar-refractivity contribution < 1.29 is 4.79 Å². The first-order chi connectivity index (χ1) is 9.83. The maximum absolute atomic E-state index is 12.6. The molecule has 0 radical (unpaired) electrons. The third kappa shape index (κ3) is 1.68. The van der Waals surface area contributed by atoms with Gasteiger partial charge in [0.2, 0.25) is 0 Å². The first kappa shape index (κ1) is 11.5. The van der Waals surface area contributed by atoms with Crippen molar-refractivity contribution in [3.8, 4) is 0 Å². The van der Waals surface area contributed by atoms with Gasteiger partial charge in [0.05, 0.1) is 12.0 Å². The number of rotatable bonds is 1. The van der Waals surface area contributed by atoms with Gasteiger partial charge in [-0.3, -0.25) is 4.79 Å². The van der Waals surface area contributed by atoms with Crippen LogP contribution in [0.25, 0.3) is 0 Å². The number of hydrogen-bond acceptors (Lipinski definition) is 4. The molecule has 4 nitrogen and oxygen atoms in total. The lowest BCUT2D eigenvalue weighted by Gasteiger charge is -2.27. The number of fused-ring (bicyclic) bond motifs is 2. The molecule has 4 rings (SSSR count). The van der Waals surface area contributed by atoms with Crippen LogP contribution in [0.4, 0.5) is 11.5 Å². The molecule has 4 heteroatoms. The zero-order valence-corrected chi connectivity index (χ0v) is 11.0. The second-order valence-corrected chi connectivity index (χ2v) is 5.36. The minimum Gasteiger partial charge on any atom is -0.379 e. The molecule has 3 heterocycles. The lowest BCUT2D eigenvalue weighted by molar-refractivity contribution is 0.0920. The highest BCUT2D eigenvalue weighted by Crippen LogP contribution is 2.33. The SMILES string of the molecule is O=C1c2ccccc2NC2CN(c3ccccn3)CC12. The van der Waals surface area contributed by atoms with Crippen molar-refractivity contribution >= 4 is 17.3 Å². The molecule has 1 fully saturated rings. The Hall–Kier alpha value is -2.36. The molecule has 2 aliphatic heterocycles. The van der Waals surface area contributed by atoms with E-state index in [2.05, 4.69) is 15.2 Å². The van der Waals surface area contributed by atoms with Gasteiger partial charge in [-0.25, -0.2) is 4.98 Å². The largest absolute Gasteiger partial charge is 0.379 e. The van der Waals surface area contributed by atoms with Crippen LogP contribution in [0.2, 0.25) is 0 Å². The molecule has 100 valence electrons. The van der Waals surface area contributed by atoms with Gasteiger partial charge in [-0.15, -0.1) is 0 Å². The quantitative estimate of drug-likeness (QED) is 0.858. The number of benzene rings is 1. The first-order valence-corrected chi connectivity index (χ1v) is 6.89. The maximum Gasteiger partial charge on any atom is 0.171 e. The van der Waals surface area contributed by atoms with Crippen LogP contribution in [0.5, 0.6) is 0 Å². The lowest BCUT2D eigenvalue weighted by atomic mass is 9.88. The number of nitrogens with one attached hydrogen (secondary N) is 1. The normalized spacial score (nSPS) is 24.0. The van der Waals surface area contributed by atoms with Gasteiger partial charge >= 0.3 is 0 Å². The molecule has 1 aromatic carbocycles. The summed E-state index contributed by atoms with van der Waals surface area (Å²) in [6, 6.07) is 13.8. The molecule has 0 bridgehead atoms. The van der Waals surface area contributed by atoms with E-state index in [0.717, 1.165) is 30.2 Å². The molecule has 20 heavy (non-hydrogen) atoms. The fourth-order valence-electron chi connectivity index (χ4n) is 3.17. The average molecular weight is 265 g/mol. The fraction of sp³-hybridized carbons (Fsp3) is 0.250. The highest BCUT2D eigenvalue weighted by Gasteiger charge is 2.42. The lowest BCUT2D eigenvalue weighted by Crippen LogP contribution is -2.38. The van der Waals surface area contributed by atoms with Gasteiger partial charge in [0.15, 0.2) is 5.78 Å². The van der Waals surface area contributed by atoms with Gasteiger partial charge in [0.1, 0.15) is 5.82 Å². The topological polar surface area (TPSA) is 45.2 Å². The third-order valence-corrected chi connectivity index (χ3v) is 4.16. The average Bonchev–Trinajstić information content (AvgIpc) is 2.93. The Labute approximate surface area is 117 Å². The van der Waals surface area contributed by atoms with E-state index in [-0.39, 0.29) is 17.7 Å². The van der Waals surface area contributed by atoms with Gasteiger partial charge in [-0.2, -0.15) is 0 Å². The number of hydrogen-bond donors (Lipinski definition) is 1. The second-order valence-electron chi connectivity index (χ2n) is 5.36. The first-order valence-electron chi connectivity index (χ1n) is 6.89. The Balaban J connectivity index is 1.65. The highest BCUT2D eigenvalue weighted by molar-refractivity contribution is 6.05. The van der Waals surface area contributed by atoms with E-state index in [4.69, 9.17) is 0 Å². The summed E-state index contributed by atoms with van der Waals surface area (Å²) in [5, 5.41) is 3.50. The second kappa shape index (κ2) is 4.34. The number of anilines is 2. The predicted molar refractivity (Wildman–Crippen MR) is 78.1 cm³/mol. The van der Waals surface area contributed by atoms with Crippen molar-refractivity contribution in [2.75, 3.05) is 23.3 Å². The van der Waals surface area contributed by atoms with E-state index < -0.39 is 0 Å². The molecular weight excluding hydrogens is 250 g/mol. The minimum absolute atomic E-state index is 0.0203. The molecule has 0 amide bonds. The van der Waals surface area contributed by atoms with Gasteiger partial charge in [0.25, 0.3) is 0 Å². The number of aromatic nitrogens is 1. The van der Waals surface area contributed by atoms with E-state index in [0.29, 0.717) is 0 Å². The van der Waals surface area contributed by atoms with Crippen molar-refractivity contribution in [2.45, 2.75) is 6.04 Å². The van der Waals surface area contributed by atoms with E-state index in [1.807, 2.05) is 42.5 Å². The monoisotopic (exact) mass is 265 g/mol. The van der Waals surface area contributed by atoms with Crippen molar-refractivity contribution in [1.29, 1.82) is 0 Å². The zero-order chi connectivity index (χ0) is 13.5. The summed E-state index contributed by atoms with van der Waals surface area (Å²) in [7, 11) is 0. The van der Waals surface area contributed by atoms with Crippen molar-refractivity contribution in [3.05, 3.63) is 54.2 Å². The number of para-hydroxylation sites is 1. The van der Waals surface area contributed by atoms with Crippen LogP contribution in [-0.4, -0.2) is 29.9 Å². The van der Waals surface area contributed by atoms with Gasteiger partial charge in [-0.05, 0) is 24.3 Å². The standard InChI is InChI=1S/C16H15N3O/c20-16-11-5-1-2-6-13(11)18-14-10-19(9-12(14)16)15-7-3-4-8-17-15/h1-8,12,14,18H,9-10H2. The Morgan fingerprint density at radius 2 is 1.95 bits per heavy atom. The summed E-state index contributed by atoms with van der Waals surface area (Å²) in [4.78, 5) is 19.2. The third-order valence-electron chi connectivity index (χ3n) is 4.16. The summed E-state index contributed by atoms with van der Waals surface area (Å²) < 4.78 is 0. The number of Topliss-reactive ketones (excluding diaryl/α,β-unsaturated/α-hetero) is 1. The molecule has 0 spiro atoms. The van der Waals surface area contributed by atoms with Gasteiger partial charge in [0, 0.05) is 30.5 Å². The number of ketones is 1. The maximum atomic E-state index is 12.6. The molecule has 2 unspecified atom stereocenters. The Morgan fingerprint density at radius 1 is 1.10 bits per heavy atom. The number of nitrogens with zero attached hydrogens (tertiary/aromatic N) is 2. The molecule has 1 saturated heterocycles. The van der Waals surface area contributed by atoms with Crippen LogP contribution in [-0.2, 0) is 0 Å². The van der Waals surface area contributed by atoms with Crippen molar-refractivity contribution in [3.63, 3.8) is 0 Å². The van der Waals surface area contributed by atoms with Crippen LogP contribution in [0.3, 0.4) is 0 Å². The highest BCUT2D eigenvalue weighted by atomic mass is 16.1. The van der Waals surface area contributed by atoms with Gasteiger partial charge < -0.3 is 10.2 Å². The minimum atomic E-state index is 0.0203. The Bertz CT molecular complexity index is 656. The van der Waals surface area contributed by atoms with Crippen molar-refractivity contribution in [1.82, 2.24) is 4.98 Å². The molecule has 2 aliphatic rings. The van der Waals surface area contributed by atoms with Crippen molar-refractivity contribution in [2.24, 2.45) is 5.92 Å². The Morgan fingerprint density at radius 3 is 2.80 bits per heavy atom. The fourth-order valence-corrected chi connectivity index (χ4v) is 3.17. The van der Waals surface area contributed by atoms with Gasteiger partial charge in [-0.1, -0.05) is 18.2 Å². The summed E-state index contributed by atoms with van der Waals surface area (Å²) in [5.74, 6) is 1.22. The smallest absolute Gasteiger partial charge is 0.171 e. The van der Waals surface area contributed by atoms with E-state index in [1.165, 1.54) is 0 Å². The molecule has 0 aliphatic carbocycles. The zero-order valence-electron chi connectivity index (χ0n) is 11.0. The molecule has 1 aromatic heterocycles. The molecular formula is C16H15N3O.